The fourth-order valence-electron chi connectivity index (χ4n) is 2.60. The lowest BCUT2D eigenvalue weighted by molar-refractivity contribution is 0.478. The topological polar surface area (TPSA) is 64.1 Å². The highest BCUT2D eigenvalue weighted by atomic mass is 16.3. The van der Waals surface area contributed by atoms with Gasteiger partial charge in [0.1, 0.15) is 11.6 Å². The highest BCUT2D eigenvalue weighted by Gasteiger charge is 2.13. The van der Waals surface area contributed by atoms with E-state index in [1.165, 1.54) is 5.56 Å². The molecule has 3 aromatic rings. The Morgan fingerprint density at radius 3 is 2.71 bits per heavy atom. The van der Waals surface area contributed by atoms with E-state index in [1.54, 1.807) is 12.1 Å². The van der Waals surface area contributed by atoms with Crippen molar-refractivity contribution in [1.82, 2.24) is 9.55 Å². The fraction of sp³-hybridized carbons (Fsp3) is 0.235. The largest absolute Gasteiger partial charge is 0.506 e. The SMILES string of the molecule is CCCn1c(-c2ccc(O)c(N)c2)nc2cc(C)ccc21. The Balaban J connectivity index is 2.24. The van der Waals surface area contributed by atoms with Crippen LogP contribution in [0.25, 0.3) is 22.4 Å². The van der Waals surface area contributed by atoms with Crippen molar-refractivity contribution in [1.29, 1.82) is 0 Å². The quantitative estimate of drug-likeness (QED) is 0.568. The van der Waals surface area contributed by atoms with Crippen LogP contribution in [0.4, 0.5) is 5.69 Å². The first kappa shape index (κ1) is 13.5. The Morgan fingerprint density at radius 2 is 2.00 bits per heavy atom. The van der Waals surface area contributed by atoms with Gasteiger partial charge in [-0.3, -0.25) is 0 Å². The molecule has 0 bridgehead atoms. The van der Waals surface area contributed by atoms with Crippen LogP contribution in [-0.2, 0) is 6.54 Å². The van der Waals surface area contributed by atoms with Crippen molar-refractivity contribution in [2.24, 2.45) is 0 Å². The summed E-state index contributed by atoms with van der Waals surface area (Å²) in [4.78, 5) is 4.76. The molecule has 4 nitrogen and oxygen atoms in total. The number of imidazole rings is 1. The predicted octanol–water partition coefficient (Wildman–Crippen LogP) is 3.71. The normalized spacial score (nSPS) is 11.1. The third kappa shape index (κ3) is 2.33. The zero-order chi connectivity index (χ0) is 15.0. The molecule has 21 heavy (non-hydrogen) atoms. The number of nitrogen functional groups attached to an aromatic ring is 1. The van der Waals surface area contributed by atoms with Crippen LogP contribution >= 0.6 is 0 Å². The van der Waals surface area contributed by atoms with E-state index >= 15 is 0 Å². The molecule has 0 aliphatic heterocycles. The average molecular weight is 281 g/mol. The maximum atomic E-state index is 9.59. The summed E-state index contributed by atoms with van der Waals surface area (Å²) in [5.74, 6) is 0.997. The molecule has 0 fully saturated rings. The van der Waals surface area contributed by atoms with Gasteiger partial charge in [0, 0.05) is 12.1 Å². The molecule has 0 atom stereocenters. The Bertz CT molecular complexity index is 805. The molecule has 0 unspecified atom stereocenters. The maximum Gasteiger partial charge on any atom is 0.141 e. The number of aromatic hydroxyl groups is 1. The smallest absolute Gasteiger partial charge is 0.141 e. The third-order valence-electron chi connectivity index (χ3n) is 3.64. The van der Waals surface area contributed by atoms with E-state index in [1.807, 2.05) is 6.07 Å². The number of aromatic nitrogens is 2. The van der Waals surface area contributed by atoms with Crippen LogP contribution in [0, 0.1) is 6.92 Å². The molecular weight excluding hydrogens is 262 g/mol. The van der Waals surface area contributed by atoms with Gasteiger partial charge in [-0.25, -0.2) is 4.98 Å². The molecule has 0 aliphatic carbocycles. The number of rotatable bonds is 3. The summed E-state index contributed by atoms with van der Waals surface area (Å²) in [6, 6.07) is 11.5. The van der Waals surface area contributed by atoms with Crippen molar-refractivity contribution >= 4 is 16.7 Å². The van der Waals surface area contributed by atoms with Gasteiger partial charge in [-0.15, -0.1) is 0 Å². The molecule has 0 saturated heterocycles. The second-order valence-corrected chi connectivity index (χ2v) is 5.35. The maximum absolute atomic E-state index is 9.59. The van der Waals surface area contributed by atoms with E-state index in [-0.39, 0.29) is 5.75 Å². The summed E-state index contributed by atoms with van der Waals surface area (Å²) >= 11 is 0. The average Bonchev–Trinajstić information content (AvgIpc) is 2.80. The van der Waals surface area contributed by atoms with Crippen LogP contribution in [0.15, 0.2) is 36.4 Å². The molecule has 0 radical (unpaired) electrons. The van der Waals surface area contributed by atoms with E-state index in [9.17, 15) is 5.11 Å². The molecule has 2 aromatic carbocycles. The number of benzene rings is 2. The summed E-state index contributed by atoms with van der Waals surface area (Å²) in [5, 5.41) is 9.59. The highest BCUT2D eigenvalue weighted by molar-refractivity contribution is 5.82. The predicted molar refractivity (Wildman–Crippen MR) is 86.3 cm³/mol. The molecular formula is C17H19N3O. The summed E-state index contributed by atoms with van der Waals surface area (Å²) in [6.45, 7) is 5.11. The summed E-state index contributed by atoms with van der Waals surface area (Å²) < 4.78 is 2.21. The van der Waals surface area contributed by atoms with Gasteiger partial charge >= 0.3 is 0 Å². The number of phenols is 1. The lowest BCUT2D eigenvalue weighted by Gasteiger charge is -2.09. The van der Waals surface area contributed by atoms with E-state index in [4.69, 9.17) is 10.7 Å². The van der Waals surface area contributed by atoms with Gasteiger partial charge in [0.25, 0.3) is 0 Å². The molecule has 1 aromatic heterocycles. The molecule has 3 N–H and O–H groups in total. The Labute approximate surface area is 123 Å². The molecule has 0 amide bonds. The number of hydrogen-bond acceptors (Lipinski definition) is 3. The number of nitrogens with zero attached hydrogens (tertiary/aromatic N) is 2. The number of hydrogen-bond donors (Lipinski definition) is 2. The van der Waals surface area contributed by atoms with Gasteiger partial charge in [0.05, 0.1) is 16.7 Å². The van der Waals surface area contributed by atoms with E-state index in [2.05, 4.69) is 36.6 Å². The lowest BCUT2D eigenvalue weighted by Crippen LogP contribution is -2.00. The molecule has 0 aliphatic rings. The first-order valence-corrected chi connectivity index (χ1v) is 7.16. The zero-order valence-electron chi connectivity index (χ0n) is 12.3. The van der Waals surface area contributed by atoms with Crippen molar-refractivity contribution < 1.29 is 5.11 Å². The van der Waals surface area contributed by atoms with Crippen molar-refractivity contribution in [3.05, 3.63) is 42.0 Å². The van der Waals surface area contributed by atoms with Crippen molar-refractivity contribution in [3.8, 4) is 17.1 Å². The minimum absolute atomic E-state index is 0.104. The molecule has 1 heterocycles. The zero-order valence-corrected chi connectivity index (χ0v) is 12.3. The number of phenolic OH excluding ortho intramolecular Hbond substituents is 1. The van der Waals surface area contributed by atoms with Crippen LogP contribution in [0.3, 0.4) is 0 Å². The highest BCUT2D eigenvalue weighted by Crippen LogP contribution is 2.30. The monoisotopic (exact) mass is 281 g/mol. The van der Waals surface area contributed by atoms with Crippen LogP contribution in [0.2, 0.25) is 0 Å². The van der Waals surface area contributed by atoms with Gasteiger partial charge in [0.2, 0.25) is 0 Å². The Kier molecular flexibility index (Phi) is 3.29. The van der Waals surface area contributed by atoms with Gasteiger partial charge in [-0.05, 0) is 49.2 Å². The van der Waals surface area contributed by atoms with Crippen LogP contribution in [0.1, 0.15) is 18.9 Å². The summed E-state index contributed by atoms with van der Waals surface area (Å²) in [5.41, 5.74) is 10.4. The van der Waals surface area contributed by atoms with E-state index in [0.717, 1.165) is 35.4 Å². The minimum atomic E-state index is 0.104. The first-order chi connectivity index (χ1) is 10.1. The molecule has 4 heteroatoms. The number of anilines is 1. The van der Waals surface area contributed by atoms with E-state index < -0.39 is 0 Å². The molecule has 108 valence electrons. The standard InChI is InChI=1S/C17H19N3O/c1-3-8-20-15-6-4-11(2)9-14(15)19-17(20)12-5-7-16(21)13(18)10-12/h4-7,9-10,21H,3,8,18H2,1-2H3. The van der Waals surface area contributed by atoms with Crippen molar-refractivity contribution in [3.63, 3.8) is 0 Å². The summed E-state index contributed by atoms with van der Waals surface area (Å²) in [6.07, 6.45) is 1.03. The molecule has 0 spiro atoms. The second-order valence-electron chi connectivity index (χ2n) is 5.35. The third-order valence-corrected chi connectivity index (χ3v) is 3.64. The van der Waals surface area contributed by atoms with Gasteiger partial charge in [-0.2, -0.15) is 0 Å². The minimum Gasteiger partial charge on any atom is -0.506 e. The van der Waals surface area contributed by atoms with Gasteiger partial charge in [-0.1, -0.05) is 13.0 Å². The van der Waals surface area contributed by atoms with Crippen LogP contribution < -0.4 is 5.73 Å². The molecule has 3 rings (SSSR count). The lowest BCUT2D eigenvalue weighted by atomic mass is 10.1. The Hall–Kier alpha value is -2.49. The van der Waals surface area contributed by atoms with Crippen molar-refractivity contribution in [2.75, 3.05) is 5.73 Å². The Morgan fingerprint density at radius 1 is 1.19 bits per heavy atom. The van der Waals surface area contributed by atoms with Gasteiger partial charge in [0.15, 0.2) is 0 Å². The fourth-order valence-corrected chi connectivity index (χ4v) is 2.60. The van der Waals surface area contributed by atoms with Gasteiger partial charge < -0.3 is 15.4 Å². The molecule has 0 saturated carbocycles. The van der Waals surface area contributed by atoms with Crippen LogP contribution in [-0.4, -0.2) is 14.7 Å². The van der Waals surface area contributed by atoms with Crippen LogP contribution in [0.5, 0.6) is 5.75 Å². The number of nitrogens with two attached hydrogens (primary N) is 1. The first-order valence-electron chi connectivity index (χ1n) is 7.16. The summed E-state index contributed by atoms with van der Waals surface area (Å²) in [7, 11) is 0. The van der Waals surface area contributed by atoms with Crippen molar-refractivity contribution in [2.45, 2.75) is 26.8 Å². The second kappa shape index (κ2) is 5.13. The number of aryl methyl sites for hydroxylation is 2. The van der Waals surface area contributed by atoms with E-state index in [0.29, 0.717) is 5.69 Å². The number of fused-ring (bicyclic) bond motifs is 1.